The molecule has 1 aliphatic carbocycles. The number of ketones is 1. The molecule has 2 aromatic rings. The minimum atomic E-state index is -0.101. The molecule has 0 radical (unpaired) electrons. The van der Waals surface area contributed by atoms with Crippen LogP contribution in [0.5, 0.6) is 0 Å². The molecule has 0 fully saturated rings. The van der Waals surface area contributed by atoms with Crippen LogP contribution in [0.25, 0.3) is 0 Å². The molecular formula is C15H15N5O. The van der Waals surface area contributed by atoms with Gasteiger partial charge in [-0.1, -0.05) is 35.4 Å². The molecule has 0 saturated heterocycles. The Kier molecular flexibility index (Phi) is 2.63. The van der Waals surface area contributed by atoms with Crippen LogP contribution in [0.1, 0.15) is 37.3 Å². The van der Waals surface area contributed by atoms with Crippen molar-refractivity contribution in [2.75, 3.05) is 5.32 Å². The van der Waals surface area contributed by atoms with Crippen LogP contribution in [0.15, 0.2) is 41.6 Å². The number of fused-ring (bicyclic) bond motifs is 1. The van der Waals surface area contributed by atoms with Gasteiger partial charge in [-0.3, -0.25) is 4.79 Å². The molecule has 2 atom stereocenters. The van der Waals surface area contributed by atoms with Crippen molar-refractivity contribution < 1.29 is 4.79 Å². The van der Waals surface area contributed by atoms with Crippen molar-refractivity contribution in [3.05, 3.63) is 47.2 Å². The van der Waals surface area contributed by atoms with E-state index in [0.29, 0.717) is 12.4 Å². The monoisotopic (exact) mass is 281 g/mol. The number of carbonyl (C=O) groups excluding carboxylic acids is 1. The van der Waals surface area contributed by atoms with E-state index in [4.69, 9.17) is 0 Å². The van der Waals surface area contributed by atoms with E-state index in [2.05, 4.69) is 33.0 Å². The zero-order chi connectivity index (χ0) is 14.4. The van der Waals surface area contributed by atoms with Gasteiger partial charge < -0.3 is 5.32 Å². The van der Waals surface area contributed by atoms with Gasteiger partial charge in [-0.2, -0.15) is 0 Å². The lowest BCUT2D eigenvalue weighted by Gasteiger charge is -2.33. The molecular weight excluding hydrogens is 266 g/mol. The summed E-state index contributed by atoms with van der Waals surface area (Å²) in [5.74, 6) is 1.02. The number of rotatable bonds is 1. The molecule has 106 valence electrons. The highest BCUT2D eigenvalue weighted by Gasteiger charge is 2.36. The fraction of sp³-hybridized carbons (Fsp3) is 0.333. The third-order valence-electron chi connectivity index (χ3n) is 4.32. The van der Waals surface area contributed by atoms with Gasteiger partial charge in [0.25, 0.3) is 0 Å². The molecule has 0 bridgehead atoms. The van der Waals surface area contributed by atoms with Gasteiger partial charge in [-0.15, -0.1) is 0 Å². The van der Waals surface area contributed by atoms with Gasteiger partial charge >= 0.3 is 0 Å². The highest BCUT2D eigenvalue weighted by atomic mass is 16.1. The Labute approximate surface area is 121 Å². The highest BCUT2D eigenvalue weighted by molar-refractivity contribution is 5.99. The summed E-state index contributed by atoms with van der Waals surface area (Å²) in [6.45, 7) is 1.97. The summed E-state index contributed by atoms with van der Waals surface area (Å²) in [6.07, 6.45) is 1.37. The largest absolute Gasteiger partial charge is 0.326 e. The van der Waals surface area contributed by atoms with Crippen molar-refractivity contribution in [3.8, 4) is 0 Å². The SMILES string of the molecule is C[C@@H]1C2=C(C[C@@H](c3ccccc3)CC2=O)Nc2nnnn21. The first-order valence-electron chi connectivity index (χ1n) is 7.10. The average Bonchev–Trinajstić information content (AvgIpc) is 2.96. The molecule has 21 heavy (non-hydrogen) atoms. The normalized spacial score (nSPS) is 24.3. The van der Waals surface area contributed by atoms with E-state index in [1.54, 1.807) is 4.68 Å². The number of benzene rings is 1. The quantitative estimate of drug-likeness (QED) is 0.866. The number of allylic oxidation sites excluding steroid dienone is 2. The summed E-state index contributed by atoms with van der Waals surface area (Å²) in [5.41, 5.74) is 2.99. The number of carbonyl (C=O) groups is 1. The number of nitrogens with one attached hydrogen (secondary N) is 1. The van der Waals surface area contributed by atoms with Gasteiger partial charge in [0.2, 0.25) is 5.95 Å². The number of aromatic nitrogens is 4. The van der Waals surface area contributed by atoms with Gasteiger partial charge in [0.15, 0.2) is 5.78 Å². The Morgan fingerprint density at radius 2 is 2.05 bits per heavy atom. The molecule has 4 rings (SSSR count). The van der Waals surface area contributed by atoms with Crippen LogP contribution in [-0.4, -0.2) is 26.0 Å². The average molecular weight is 281 g/mol. The number of tetrazole rings is 1. The lowest BCUT2D eigenvalue weighted by Crippen LogP contribution is -2.31. The van der Waals surface area contributed by atoms with E-state index >= 15 is 0 Å². The molecule has 2 aliphatic rings. The summed E-state index contributed by atoms with van der Waals surface area (Å²) >= 11 is 0. The molecule has 0 spiro atoms. The first-order chi connectivity index (χ1) is 10.2. The highest BCUT2D eigenvalue weighted by Crippen LogP contribution is 2.40. The fourth-order valence-corrected chi connectivity index (χ4v) is 3.29. The Hall–Kier alpha value is -2.50. The predicted molar refractivity (Wildman–Crippen MR) is 76.6 cm³/mol. The molecule has 2 heterocycles. The second-order valence-electron chi connectivity index (χ2n) is 5.58. The van der Waals surface area contributed by atoms with Crippen molar-refractivity contribution in [1.29, 1.82) is 0 Å². The summed E-state index contributed by atoms with van der Waals surface area (Å²) in [6, 6.07) is 10.1. The molecule has 6 nitrogen and oxygen atoms in total. The van der Waals surface area contributed by atoms with Gasteiger partial charge in [0.1, 0.15) is 0 Å². The van der Waals surface area contributed by atoms with E-state index in [1.807, 2.05) is 25.1 Å². The fourth-order valence-electron chi connectivity index (χ4n) is 3.29. The van der Waals surface area contributed by atoms with Crippen molar-refractivity contribution in [2.24, 2.45) is 0 Å². The van der Waals surface area contributed by atoms with Crippen LogP contribution in [0.4, 0.5) is 5.95 Å². The lowest BCUT2D eigenvalue weighted by atomic mass is 9.79. The van der Waals surface area contributed by atoms with Crippen LogP contribution in [0.2, 0.25) is 0 Å². The molecule has 1 aliphatic heterocycles. The molecule has 0 amide bonds. The lowest BCUT2D eigenvalue weighted by molar-refractivity contribution is -0.116. The van der Waals surface area contributed by atoms with Gasteiger partial charge in [0, 0.05) is 17.7 Å². The number of hydrogen-bond donors (Lipinski definition) is 1. The molecule has 1 N–H and O–H groups in total. The van der Waals surface area contributed by atoms with Gasteiger partial charge in [-0.25, -0.2) is 4.68 Å². The molecule has 6 heteroatoms. The molecule has 0 saturated carbocycles. The number of Topliss-reactive ketones (excluding diaryl/α,β-unsaturated/α-hetero) is 1. The molecule has 1 aromatic carbocycles. The van der Waals surface area contributed by atoms with E-state index in [-0.39, 0.29) is 17.7 Å². The van der Waals surface area contributed by atoms with Crippen LogP contribution < -0.4 is 5.32 Å². The number of nitrogens with zero attached hydrogens (tertiary/aromatic N) is 4. The van der Waals surface area contributed by atoms with Crippen LogP contribution in [0, 0.1) is 0 Å². The van der Waals surface area contributed by atoms with E-state index in [9.17, 15) is 4.79 Å². The van der Waals surface area contributed by atoms with Crippen LogP contribution in [0.3, 0.4) is 0 Å². The third kappa shape index (κ3) is 1.86. The Morgan fingerprint density at radius 1 is 1.24 bits per heavy atom. The minimum Gasteiger partial charge on any atom is -0.326 e. The second kappa shape index (κ2) is 4.51. The third-order valence-corrected chi connectivity index (χ3v) is 4.32. The van der Waals surface area contributed by atoms with E-state index < -0.39 is 0 Å². The maximum atomic E-state index is 12.6. The maximum absolute atomic E-state index is 12.6. The zero-order valence-electron chi connectivity index (χ0n) is 11.7. The minimum absolute atomic E-state index is 0.101. The second-order valence-corrected chi connectivity index (χ2v) is 5.58. The van der Waals surface area contributed by atoms with E-state index in [1.165, 1.54) is 5.56 Å². The summed E-state index contributed by atoms with van der Waals surface area (Å²) in [5, 5.41) is 14.8. The molecule has 0 unspecified atom stereocenters. The Bertz CT molecular complexity index is 734. The smallest absolute Gasteiger partial charge is 0.247 e. The summed E-state index contributed by atoms with van der Waals surface area (Å²) in [7, 11) is 0. The summed E-state index contributed by atoms with van der Waals surface area (Å²) < 4.78 is 1.67. The van der Waals surface area contributed by atoms with E-state index in [0.717, 1.165) is 17.7 Å². The standard InChI is InChI=1S/C15H15N5O/c1-9-14-12(16-15-17-18-19-20(9)15)7-11(8-13(14)21)10-5-3-2-4-6-10/h2-6,9,11H,7-8H2,1H3,(H,16,17,19)/t9-,11-/m1/s1. The van der Waals surface area contributed by atoms with Gasteiger partial charge in [-0.05, 0) is 35.3 Å². The topological polar surface area (TPSA) is 72.7 Å². The van der Waals surface area contributed by atoms with Crippen molar-refractivity contribution in [1.82, 2.24) is 20.2 Å². The molecule has 1 aromatic heterocycles. The van der Waals surface area contributed by atoms with Crippen molar-refractivity contribution >= 4 is 11.7 Å². The van der Waals surface area contributed by atoms with Crippen LogP contribution in [-0.2, 0) is 4.79 Å². The van der Waals surface area contributed by atoms with Crippen LogP contribution >= 0.6 is 0 Å². The number of anilines is 1. The number of hydrogen-bond acceptors (Lipinski definition) is 5. The first-order valence-corrected chi connectivity index (χ1v) is 7.10. The maximum Gasteiger partial charge on any atom is 0.247 e. The summed E-state index contributed by atoms with van der Waals surface area (Å²) in [4.78, 5) is 12.6. The predicted octanol–water partition coefficient (Wildman–Crippen LogP) is 2.06. The van der Waals surface area contributed by atoms with Gasteiger partial charge in [0.05, 0.1) is 6.04 Å². The van der Waals surface area contributed by atoms with Crippen molar-refractivity contribution in [2.45, 2.75) is 31.7 Å². The van der Waals surface area contributed by atoms with Crippen molar-refractivity contribution in [3.63, 3.8) is 0 Å². The Morgan fingerprint density at radius 3 is 2.86 bits per heavy atom. The Balaban J connectivity index is 1.71. The zero-order valence-corrected chi connectivity index (χ0v) is 11.7. The first kappa shape index (κ1) is 12.3.